The predicted octanol–water partition coefficient (Wildman–Crippen LogP) is 1.68. The highest BCUT2D eigenvalue weighted by atomic mass is 16.5. The van der Waals surface area contributed by atoms with Gasteiger partial charge in [-0.1, -0.05) is 6.07 Å². The molecule has 1 amide bonds. The number of carboxylic acids is 1. The summed E-state index contributed by atoms with van der Waals surface area (Å²) in [7, 11) is 0. The fourth-order valence-corrected chi connectivity index (χ4v) is 1.74. The SMILES string of the molecule is Cc1ccc(OCCCC(=O)NCCOCC(=O)O)cc1C. The van der Waals surface area contributed by atoms with Crippen LogP contribution in [-0.2, 0) is 14.3 Å². The minimum absolute atomic E-state index is 0.0948. The molecular formula is C16H23NO5. The van der Waals surface area contributed by atoms with Crippen LogP contribution < -0.4 is 10.1 Å². The summed E-state index contributed by atoms with van der Waals surface area (Å²) in [5.41, 5.74) is 2.40. The minimum atomic E-state index is -1.02. The smallest absolute Gasteiger partial charge is 0.329 e. The number of hydrogen-bond acceptors (Lipinski definition) is 4. The molecule has 0 saturated heterocycles. The van der Waals surface area contributed by atoms with Crippen molar-refractivity contribution in [3.8, 4) is 5.75 Å². The Balaban J connectivity index is 2.07. The van der Waals surface area contributed by atoms with Gasteiger partial charge < -0.3 is 19.9 Å². The van der Waals surface area contributed by atoms with E-state index in [0.717, 1.165) is 5.75 Å². The van der Waals surface area contributed by atoms with Gasteiger partial charge in [0.15, 0.2) is 0 Å². The van der Waals surface area contributed by atoms with Crippen molar-refractivity contribution < 1.29 is 24.2 Å². The summed E-state index contributed by atoms with van der Waals surface area (Å²) in [6.07, 6.45) is 0.985. The number of nitrogens with one attached hydrogen (secondary N) is 1. The summed E-state index contributed by atoms with van der Waals surface area (Å²) in [5, 5.41) is 11.0. The molecule has 0 fully saturated rings. The van der Waals surface area contributed by atoms with E-state index in [1.807, 2.05) is 32.0 Å². The van der Waals surface area contributed by atoms with E-state index < -0.39 is 5.97 Å². The maximum atomic E-state index is 11.5. The molecule has 0 saturated carbocycles. The van der Waals surface area contributed by atoms with E-state index in [2.05, 4.69) is 5.32 Å². The Kier molecular flexibility index (Phi) is 7.99. The number of hydrogen-bond donors (Lipinski definition) is 2. The fraction of sp³-hybridized carbons (Fsp3) is 0.500. The van der Waals surface area contributed by atoms with E-state index in [9.17, 15) is 9.59 Å². The standard InChI is InChI=1S/C16H23NO5/c1-12-5-6-14(10-13(12)2)22-8-3-4-15(18)17-7-9-21-11-16(19)20/h5-6,10H,3-4,7-9,11H2,1-2H3,(H,17,18)(H,19,20). The molecule has 6 nitrogen and oxygen atoms in total. The van der Waals surface area contributed by atoms with Gasteiger partial charge in [-0.15, -0.1) is 0 Å². The van der Waals surface area contributed by atoms with E-state index in [1.54, 1.807) is 0 Å². The summed E-state index contributed by atoms with van der Waals surface area (Å²) < 4.78 is 10.4. The van der Waals surface area contributed by atoms with Crippen LogP contribution in [0.5, 0.6) is 5.75 Å². The fourth-order valence-electron chi connectivity index (χ4n) is 1.74. The van der Waals surface area contributed by atoms with Crippen molar-refractivity contribution in [3.63, 3.8) is 0 Å². The lowest BCUT2D eigenvalue weighted by atomic mass is 10.1. The van der Waals surface area contributed by atoms with Crippen LogP contribution in [0.3, 0.4) is 0 Å². The predicted molar refractivity (Wildman–Crippen MR) is 82.1 cm³/mol. The Bertz CT molecular complexity index is 501. The van der Waals surface area contributed by atoms with Gasteiger partial charge in [0.25, 0.3) is 0 Å². The summed E-state index contributed by atoms with van der Waals surface area (Å²) in [4.78, 5) is 21.7. The highest BCUT2D eigenvalue weighted by Gasteiger charge is 2.02. The monoisotopic (exact) mass is 309 g/mol. The Hall–Kier alpha value is -2.08. The first-order chi connectivity index (χ1) is 10.5. The third kappa shape index (κ3) is 7.64. The van der Waals surface area contributed by atoms with Crippen LogP contribution >= 0.6 is 0 Å². The van der Waals surface area contributed by atoms with Crippen LogP contribution in [0.2, 0.25) is 0 Å². The van der Waals surface area contributed by atoms with Crippen LogP contribution in [0.4, 0.5) is 0 Å². The van der Waals surface area contributed by atoms with E-state index in [1.165, 1.54) is 11.1 Å². The molecule has 6 heteroatoms. The van der Waals surface area contributed by atoms with Gasteiger partial charge in [-0.2, -0.15) is 0 Å². The third-order valence-electron chi connectivity index (χ3n) is 3.09. The lowest BCUT2D eigenvalue weighted by Crippen LogP contribution is -2.28. The highest BCUT2D eigenvalue weighted by molar-refractivity contribution is 5.75. The molecule has 1 rings (SSSR count). The van der Waals surface area contributed by atoms with Crippen LogP contribution in [0.25, 0.3) is 0 Å². The van der Waals surface area contributed by atoms with Crippen LogP contribution in [-0.4, -0.2) is 43.3 Å². The molecule has 0 spiro atoms. The number of carboxylic acid groups (broad SMARTS) is 1. The zero-order chi connectivity index (χ0) is 16.4. The molecule has 1 aromatic rings. The molecule has 0 aliphatic carbocycles. The molecule has 0 heterocycles. The van der Waals surface area contributed by atoms with Gasteiger partial charge in [0, 0.05) is 13.0 Å². The molecule has 0 atom stereocenters. The zero-order valence-electron chi connectivity index (χ0n) is 13.1. The number of carbonyl (C=O) groups is 2. The van der Waals surface area contributed by atoms with Crippen molar-refractivity contribution >= 4 is 11.9 Å². The Labute approximate surface area is 130 Å². The van der Waals surface area contributed by atoms with E-state index >= 15 is 0 Å². The van der Waals surface area contributed by atoms with Gasteiger partial charge in [0.05, 0.1) is 13.2 Å². The average Bonchev–Trinajstić information content (AvgIpc) is 2.46. The second kappa shape index (κ2) is 9.78. The van der Waals surface area contributed by atoms with Crippen LogP contribution in [0, 0.1) is 13.8 Å². The summed E-state index contributed by atoms with van der Waals surface area (Å²) in [6.45, 7) is 4.71. The summed E-state index contributed by atoms with van der Waals surface area (Å²) >= 11 is 0. The first kappa shape index (κ1) is 18.0. The molecule has 2 N–H and O–H groups in total. The second-order valence-electron chi connectivity index (χ2n) is 4.99. The van der Waals surface area contributed by atoms with Crippen molar-refractivity contribution in [2.24, 2.45) is 0 Å². The van der Waals surface area contributed by atoms with Gasteiger partial charge in [-0.05, 0) is 43.5 Å². The normalized spacial score (nSPS) is 10.3. The number of carbonyl (C=O) groups excluding carboxylic acids is 1. The lowest BCUT2D eigenvalue weighted by molar-refractivity contribution is -0.142. The van der Waals surface area contributed by atoms with Gasteiger partial charge in [-0.3, -0.25) is 4.79 Å². The number of benzene rings is 1. The minimum Gasteiger partial charge on any atom is -0.494 e. The number of aryl methyl sites for hydroxylation is 2. The summed E-state index contributed by atoms with van der Waals surface area (Å²) in [5.74, 6) is -0.303. The molecule has 0 aliphatic heterocycles. The molecule has 0 aromatic heterocycles. The number of amides is 1. The van der Waals surface area contributed by atoms with Crippen molar-refractivity contribution in [1.82, 2.24) is 5.32 Å². The maximum Gasteiger partial charge on any atom is 0.329 e. The van der Waals surface area contributed by atoms with Crippen LogP contribution in [0.1, 0.15) is 24.0 Å². The lowest BCUT2D eigenvalue weighted by Gasteiger charge is -2.08. The Morgan fingerprint density at radius 2 is 1.95 bits per heavy atom. The Morgan fingerprint density at radius 3 is 2.64 bits per heavy atom. The number of rotatable bonds is 10. The largest absolute Gasteiger partial charge is 0.494 e. The van der Waals surface area contributed by atoms with E-state index in [4.69, 9.17) is 14.6 Å². The molecule has 0 radical (unpaired) electrons. The highest BCUT2D eigenvalue weighted by Crippen LogP contribution is 2.16. The maximum absolute atomic E-state index is 11.5. The molecule has 122 valence electrons. The zero-order valence-corrected chi connectivity index (χ0v) is 13.1. The van der Waals surface area contributed by atoms with Gasteiger partial charge in [0.2, 0.25) is 5.91 Å². The first-order valence-electron chi connectivity index (χ1n) is 7.25. The van der Waals surface area contributed by atoms with Crippen molar-refractivity contribution in [2.75, 3.05) is 26.4 Å². The van der Waals surface area contributed by atoms with Gasteiger partial charge >= 0.3 is 5.97 Å². The van der Waals surface area contributed by atoms with E-state index in [0.29, 0.717) is 26.0 Å². The van der Waals surface area contributed by atoms with Crippen molar-refractivity contribution in [1.29, 1.82) is 0 Å². The molecule has 0 aliphatic rings. The summed E-state index contributed by atoms with van der Waals surface area (Å²) in [6, 6.07) is 5.91. The topological polar surface area (TPSA) is 84.9 Å². The molecule has 0 unspecified atom stereocenters. The van der Waals surface area contributed by atoms with Gasteiger partial charge in [0.1, 0.15) is 12.4 Å². The molecule has 22 heavy (non-hydrogen) atoms. The third-order valence-corrected chi connectivity index (χ3v) is 3.09. The Morgan fingerprint density at radius 1 is 1.18 bits per heavy atom. The van der Waals surface area contributed by atoms with Gasteiger partial charge in [-0.25, -0.2) is 4.79 Å². The average molecular weight is 309 g/mol. The van der Waals surface area contributed by atoms with Crippen molar-refractivity contribution in [2.45, 2.75) is 26.7 Å². The van der Waals surface area contributed by atoms with Crippen LogP contribution in [0.15, 0.2) is 18.2 Å². The molecular weight excluding hydrogens is 286 g/mol. The van der Waals surface area contributed by atoms with Crippen molar-refractivity contribution in [3.05, 3.63) is 29.3 Å². The van der Waals surface area contributed by atoms with E-state index in [-0.39, 0.29) is 19.1 Å². The second-order valence-corrected chi connectivity index (χ2v) is 4.99. The first-order valence-corrected chi connectivity index (χ1v) is 7.25. The number of ether oxygens (including phenoxy) is 2. The quantitative estimate of drug-likeness (QED) is 0.642. The number of aliphatic carboxylic acids is 1. The molecule has 1 aromatic carbocycles. The molecule has 0 bridgehead atoms.